The molecule has 2 rings (SSSR count). The van der Waals surface area contributed by atoms with Crippen LogP contribution in [0, 0.1) is 0 Å². The van der Waals surface area contributed by atoms with Gasteiger partial charge in [-0.1, -0.05) is 23.2 Å². The van der Waals surface area contributed by atoms with E-state index in [4.69, 9.17) is 37.4 Å². The van der Waals surface area contributed by atoms with Crippen LogP contribution in [0.2, 0.25) is 10.0 Å². The second-order valence-electron chi connectivity index (χ2n) is 5.06. The molecule has 0 heterocycles. The lowest BCUT2D eigenvalue weighted by molar-refractivity contribution is -0.146. The molecule has 2 aromatic carbocycles. The van der Waals surface area contributed by atoms with Gasteiger partial charge in [0.15, 0.2) is 13.2 Å². The summed E-state index contributed by atoms with van der Waals surface area (Å²) < 4.78 is 15.5. The van der Waals surface area contributed by atoms with Crippen LogP contribution in [0.3, 0.4) is 0 Å². The number of nitrogens with one attached hydrogen (secondary N) is 1. The number of carbonyl (C=O) groups excluding carboxylic acids is 2. The summed E-state index contributed by atoms with van der Waals surface area (Å²) in [6, 6.07) is 13.3. The van der Waals surface area contributed by atoms with Crippen LogP contribution in [-0.4, -0.2) is 38.2 Å². The average Bonchev–Trinajstić information content (AvgIpc) is 2.64. The number of hydrogen-bond donors (Lipinski definition) is 1. The molecule has 138 valence electrons. The Morgan fingerprint density at radius 1 is 0.808 bits per heavy atom. The van der Waals surface area contributed by atoms with Gasteiger partial charge in [-0.25, -0.2) is 4.79 Å². The van der Waals surface area contributed by atoms with Crippen molar-refractivity contribution in [2.45, 2.75) is 0 Å². The van der Waals surface area contributed by atoms with Gasteiger partial charge < -0.3 is 19.5 Å². The van der Waals surface area contributed by atoms with Gasteiger partial charge in [0.25, 0.3) is 5.91 Å². The van der Waals surface area contributed by atoms with E-state index in [9.17, 15) is 9.59 Å². The lowest BCUT2D eigenvalue weighted by atomic mass is 10.3. The first-order chi connectivity index (χ1) is 12.5. The molecule has 2 aromatic rings. The van der Waals surface area contributed by atoms with E-state index in [1.807, 2.05) is 0 Å². The summed E-state index contributed by atoms with van der Waals surface area (Å²) in [6.07, 6.45) is 0. The summed E-state index contributed by atoms with van der Waals surface area (Å²) in [6.45, 7) is -0.157. The van der Waals surface area contributed by atoms with Crippen molar-refractivity contribution in [2.75, 3.05) is 26.4 Å². The maximum Gasteiger partial charge on any atom is 0.344 e. The minimum Gasteiger partial charge on any atom is -0.484 e. The molecule has 0 aliphatic heterocycles. The smallest absolute Gasteiger partial charge is 0.344 e. The fourth-order valence-corrected chi connectivity index (χ4v) is 2.05. The summed E-state index contributed by atoms with van der Waals surface area (Å²) in [4.78, 5) is 23.2. The van der Waals surface area contributed by atoms with Crippen molar-refractivity contribution < 1.29 is 23.8 Å². The molecule has 1 amide bonds. The van der Waals surface area contributed by atoms with Gasteiger partial charge in [-0.05, 0) is 48.5 Å². The summed E-state index contributed by atoms with van der Waals surface area (Å²) in [7, 11) is 0. The molecule has 26 heavy (non-hydrogen) atoms. The predicted molar refractivity (Wildman–Crippen MR) is 97.9 cm³/mol. The highest BCUT2D eigenvalue weighted by Gasteiger charge is 2.06. The Kier molecular flexibility index (Phi) is 8.05. The third-order valence-corrected chi connectivity index (χ3v) is 3.55. The predicted octanol–water partition coefficient (Wildman–Crippen LogP) is 3.11. The van der Waals surface area contributed by atoms with Gasteiger partial charge in [-0.15, -0.1) is 0 Å². The van der Waals surface area contributed by atoms with E-state index in [0.717, 1.165) is 0 Å². The Labute approximate surface area is 160 Å². The molecular weight excluding hydrogens is 381 g/mol. The molecule has 0 saturated carbocycles. The Balaban J connectivity index is 1.54. The minimum atomic E-state index is -0.536. The number of rotatable bonds is 9. The van der Waals surface area contributed by atoms with Crippen molar-refractivity contribution in [3.05, 3.63) is 58.6 Å². The van der Waals surface area contributed by atoms with Gasteiger partial charge in [0.2, 0.25) is 0 Å². The maximum absolute atomic E-state index is 11.6. The SMILES string of the molecule is O=C(COc1ccc(Cl)cc1)NCCOC(=O)COc1ccc(Cl)cc1. The van der Waals surface area contributed by atoms with E-state index in [0.29, 0.717) is 21.5 Å². The molecule has 0 unspecified atom stereocenters. The third-order valence-electron chi connectivity index (χ3n) is 3.04. The van der Waals surface area contributed by atoms with Crippen LogP contribution in [-0.2, 0) is 14.3 Å². The molecule has 0 spiro atoms. The molecule has 0 bridgehead atoms. The fourth-order valence-electron chi connectivity index (χ4n) is 1.80. The number of amides is 1. The maximum atomic E-state index is 11.6. The normalized spacial score (nSPS) is 10.1. The standard InChI is InChI=1S/C18H17Cl2NO5/c19-13-1-5-15(6-2-13)25-11-17(22)21-9-10-24-18(23)12-26-16-7-3-14(20)4-8-16/h1-8H,9-12H2,(H,21,22). The van der Waals surface area contributed by atoms with Gasteiger partial charge in [0.1, 0.15) is 18.1 Å². The van der Waals surface area contributed by atoms with Crippen LogP contribution < -0.4 is 14.8 Å². The zero-order valence-electron chi connectivity index (χ0n) is 13.7. The molecule has 0 fully saturated rings. The molecule has 1 N–H and O–H groups in total. The van der Waals surface area contributed by atoms with Crippen molar-refractivity contribution in [1.29, 1.82) is 0 Å². The van der Waals surface area contributed by atoms with Crippen LogP contribution in [0.25, 0.3) is 0 Å². The van der Waals surface area contributed by atoms with Crippen LogP contribution in [0.1, 0.15) is 0 Å². The van der Waals surface area contributed by atoms with Gasteiger partial charge in [-0.3, -0.25) is 4.79 Å². The second kappa shape index (κ2) is 10.5. The summed E-state index contributed by atoms with van der Waals surface area (Å²) in [5, 5.41) is 3.74. The van der Waals surface area contributed by atoms with Crippen molar-refractivity contribution in [3.63, 3.8) is 0 Å². The Bertz CT molecular complexity index is 656. The Hall–Kier alpha value is -2.44. The molecule has 0 atom stereocenters. The Morgan fingerprint density at radius 2 is 1.31 bits per heavy atom. The molecule has 0 saturated heterocycles. The van der Waals surface area contributed by atoms with Crippen LogP contribution in [0.15, 0.2) is 48.5 Å². The first-order valence-corrected chi connectivity index (χ1v) is 8.47. The number of benzene rings is 2. The van der Waals surface area contributed by atoms with Crippen LogP contribution in [0.5, 0.6) is 11.5 Å². The summed E-state index contributed by atoms with van der Waals surface area (Å²) in [5.74, 6) is 0.189. The van der Waals surface area contributed by atoms with Crippen molar-refractivity contribution in [3.8, 4) is 11.5 Å². The Morgan fingerprint density at radius 3 is 1.85 bits per heavy atom. The molecule has 8 heteroatoms. The number of ether oxygens (including phenoxy) is 3. The molecular formula is C18H17Cl2NO5. The average molecular weight is 398 g/mol. The van der Waals surface area contributed by atoms with E-state index in [1.165, 1.54) is 0 Å². The molecule has 0 aliphatic rings. The van der Waals surface area contributed by atoms with E-state index in [-0.39, 0.29) is 32.3 Å². The third kappa shape index (κ3) is 7.63. The van der Waals surface area contributed by atoms with Gasteiger partial charge in [0, 0.05) is 10.0 Å². The lowest BCUT2D eigenvalue weighted by Gasteiger charge is -2.09. The highest BCUT2D eigenvalue weighted by atomic mass is 35.5. The molecule has 0 aromatic heterocycles. The topological polar surface area (TPSA) is 73.9 Å². The summed E-state index contributed by atoms with van der Waals surface area (Å²) >= 11 is 11.5. The van der Waals surface area contributed by atoms with Gasteiger partial charge in [-0.2, -0.15) is 0 Å². The molecule has 0 radical (unpaired) electrons. The van der Waals surface area contributed by atoms with Gasteiger partial charge in [0.05, 0.1) is 6.54 Å². The zero-order chi connectivity index (χ0) is 18.8. The summed E-state index contributed by atoms with van der Waals surface area (Å²) in [5.41, 5.74) is 0. The van der Waals surface area contributed by atoms with E-state index in [2.05, 4.69) is 5.32 Å². The highest BCUT2D eigenvalue weighted by molar-refractivity contribution is 6.30. The second-order valence-corrected chi connectivity index (χ2v) is 5.93. The van der Waals surface area contributed by atoms with Crippen molar-refractivity contribution in [2.24, 2.45) is 0 Å². The van der Waals surface area contributed by atoms with E-state index >= 15 is 0 Å². The number of esters is 1. The highest BCUT2D eigenvalue weighted by Crippen LogP contribution is 2.16. The zero-order valence-corrected chi connectivity index (χ0v) is 15.3. The number of halogens is 2. The molecule has 6 nitrogen and oxygen atoms in total. The van der Waals surface area contributed by atoms with Crippen LogP contribution in [0.4, 0.5) is 0 Å². The van der Waals surface area contributed by atoms with E-state index < -0.39 is 5.97 Å². The fraction of sp³-hybridized carbons (Fsp3) is 0.222. The molecule has 0 aliphatic carbocycles. The lowest BCUT2D eigenvalue weighted by Crippen LogP contribution is -2.32. The minimum absolute atomic E-state index is 0.0372. The van der Waals surface area contributed by atoms with Crippen molar-refractivity contribution >= 4 is 35.1 Å². The van der Waals surface area contributed by atoms with Crippen LogP contribution >= 0.6 is 23.2 Å². The quantitative estimate of drug-likeness (QED) is 0.519. The first-order valence-electron chi connectivity index (χ1n) is 7.72. The van der Waals surface area contributed by atoms with Crippen molar-refractivity contribution in [1.82, 2.24) is 5.32 Å². The first kappa shape index (κ1) is 19.9. The monoisotopic (exact) mass is 397 g/mol. The number of hydrogen-bond acceptors (Lipinski definition) is 5. The van der Waals surface area contributed by atoms with Gasteiger partial charge >= 0.3 is 5.97 Å². The van der Waals surface area contributed by atoms with E-state index in [1.54, 1.807) is 48.5 Å². The largest absolute Gasteiger partial charge is 0.484 e. The number of carbonyl (C=O) groups is 2.